The molecule has 3 rings (SSSR count). The molecular formula is C18H23NO2S2. The van der Waals surface area contributed by atoms with Gasteiger partial charge in [-0.1, -0.05) is 30.3 Å². The second-order valence-corrected chi connectivity index (χ2v) is 10.5. The van der Waals surface area contributed by atoms with Crippen LogP contribution in [0.2, 0.25) is 0 Å². The van der Waals surface area contributed by atoms with Gasteiger partial charge in [0, 0.05) is 4.88 Å². The summed E-state index contributed by atoms with van der Waals surface area (Å²) >= 11 is 1.72. The fourth-order valence-electron chi connectivity index (χ4n) is 3.13. The van der Waals surface area contributed by atoms with E-state index in [0.717, 1.165) is 30.4 Å². The van der Waals surface area contributed by atoms with Gasteiger partial charge in [-0.05, 0) is 62.6 Å². The minimum atomic E-state index is -3.47. The quantitative estimate of drug-likeness (QED) is 0.909. The second-order valence-electron chi connectivity index (χ2n) is 7.10. The molecule has 0 fully saturated rings. The average Bonchev–Trinajstić information content (AvgIpc) is 2.96. The van der Waals surface area contributed by atoms with E-state index in [0.29, 0.717) is 0 Å². The molecule has 3 nitrogen and oxygen atoms in total. The third-order valence-corrected chi connectivity index (χ3v) is 7.75. The lowest BCUT2D eigenvalue weighted by Gasteiger charge is -2.40. The molecule has 1 heterocycles. The van der Waals surface area contributed by atoms with Crippen LogP contribution in [0.5, 0.6) is 0 Å². The Morgan fingerprint density at radius 2 is 1.83 bits per heavy atom. The van der Waals surface area contributed by atoms with Crippen molar-refractivity contribution in [2.45, 2.75) is 50.3 Å². The van der Waals surface area contributed by atoms with Gasteiger partial charge in [0.25, 0.3) is 0 Å². The van der Waals surface area contributed by atoms with Crippen molar-refractivity contribution in [3.05, 3.63) is 57.8 Å². The number of benzene rings is 1. The number of thiophene rings is 1. The molecule has 124 valence electrons. The Bertz CT molecular complexity index is 788. The third kappa shape index (κ3) is 2.86. The first kappa shape index (κ1) is 16.7. The van der Waals surface area contributed by atoms with Crippen LogP contribution in [0.15, 0.2) is 41.8 Å². The van der Waals surface area contributed by atoms with E-state index in [1.165, 1.54) is 4.88 Å². The van der Waals surface area contributed by atoms with E-state index in [1.54, 1.807) is 32.1 Å². The van der Waals surface area contributed by atoms with Crippen LogP contribution < -0.4 is 4.72 Å². The number of nitrogens with one attached hydrogen (secondary N) is 1. The fourth-order valence-corrected chi connectivity index (χ4v) is 5.23. The normalized spacial score (nSPS) is 21.9. The van der Waals surface area contributed by atoms with Gasteiger partial charge in [-0.25, -0.2) is 8.42 Å². The van der Waals surface area contributed by atoms with Gasteiger partial charge < -0.3 is 0 Å². The molecule has 0 aliphatic heterocycles. The molecule has 5 heteroatoms. The Hall–Kier alpha value is -1.17. The van der Waals surface area contributed by atoms with Gasteiger partial charge in [0.05, 0.1) is 10.3 Å². The van der Waals surface area contributed by atoms with E-state index in [2.05, 4.69) is 16.2 Å². The Balaban J connectivity index is 2.19. The first-order valence-corrected chi connectivity index (χ1v) is 10.3. The molecule has 0 saturated carbocycles. The molecule has 23 heavy (non-hydrogen) atoms. The van der Waals surface area contributed by atoms with Crippen molar-refractivity contribution < 1.29 is 8.42 Å². The van der Waals surface area contributed by atoms with Gasteiger partial charge in [0.1, 0.15) is 0 Å². The molecule has 1 aliphatic carbocycles. The minimum Gasteiger partial charge on any atom is -0.212 e. The molecular weight excluding hydrogens is 326 g/mol. The molecule has 0 spiro atoms. The lowest BCUT2D eigenvalue weighted by molar-refractivity contribution is 0.394. The Morgan fingerprint density at radius 1 is 1.13 bits per heavy atom. The van der Waals surface area contributed by atoms with Gasteiger partial charge in [0.15, 0.2) is 0 Å². The van der Waals surface area contributed by atoms with Crippen LogP contribution in [0, 0.1) is 0 Å². The number of sulfonamides is 1. The SMILES string of the molecule is CC(C)(C)S(=O)(=O)NC1(c2ccccc2)CCCc2sccc21. The summed E-state index contributed by atoms with van der Waals surface area (Å²) in [4.78, 5) is 1.29. The Kier molecular flexibility index (Phi) is 4.15. The van der Waals surface area contributed by atoms with E-state index in [1.807, 2.05) is 30.3 Å². The smallest absolute Gasteiger partial charge is 0.212 e. The molecule has 0 amide bonds. The Labute approximate surface area is 142 Å². The van der Waals surface area contributed by atoms with Crippen molar-refractivity contribution in [2.24, 2.45) is 0 Å². The van der Waals surface area contributed by atoms with Crippen LogP contribution in [0.3, 0.4) is 0 Å². The molecule has 0 saturated heterocycles. The highest BCUT2D eigenvalue weighted by Gasteiger charge is 2.44. The summed E-state index contributed by atoms with van der Waals surface area (Å²) in [6.45, 7) is 5.22. The molecule has 1 aromatic carbocycles. The summed E-state index contributed by atoms with van der Waals surface area (Å²) < 4.78 is 28.1. The third-order valence-electron chi connectivity index (χ3n) is 4.54. The molecule has 1 unspecified atom stereocenters. The molecule has 1 aromatic heterocycles. The summed E-state index contributed by atoms with van der Waals surface area (Å²) in [6, 6.07) is 12.0. The highest BCUT2D eigenvalue weighted by molar-refractivity contribution is 7.90. The predicted molar refractivity (Wildman–Crippen MR) is 96.3 cm³/mol. The van der Waals surface area contributed by atoms with Crippen LogP contribution in [0.25, 0.3) is 0 Å². The van der Waals surface area contributed by atoms with Gasteiger partial charge in [0.2, 0.25) is 10.0 Å². The van der Waals surface area contributed by atoms with Crippen molar-refractivity contribution in [1.29, 1.82) is 0 Å². The number of rotatable bonds is 3. The topological polar surface area (TPSA) is 46.2 Å². The predicted octanol–water partition coefficient (Wildman–Crippen LogP) is 4.05. The number of hydrogen-bond donors (Lipinski definition) is 1. The van der Waals surface area contributed by atoms with Gasteiger partial charge in [-0.2, -0.15) is 4.72 Å². The zero-order chi connectivity index (χ0) is 16.7. The highest BCUT2D eigenvalue weighted by atomic mass is 32.2. The molecule has 0 bridgehead atoms. The van der Waals surface area contributed by atoms with Gasteiger partial charge >= 0.3 is 0 Å². The van der Waals surface area contributed by atoms with E-state index < -0.39 is 20.3 Å². The van der Waals surface area contributed by atoms with Crippen LogP contribution in [0.4, 0.5) is 0 Å². The van der Waals surface area contributed by atoms with Gasteiger partial charge in [-0.3, -0.25) is 0 Å². The first-order chi connectivity index (χ1) is 10.8. The molecule has 0 radical (unpaired) electrons. The molecule has 2 aromatic rings. The second kappa shape index (κ2) is 5.72. The van der Waals surface area contributed by atoms with E-state index in [9.17, 15) is 8.42 Å². The van der Waals surface area contributed by atoms with E-state index >= 15 is 0 Å². The summed E-state index contributed by atoms with van der Waals surface area (Å²) in [5.41, 5.74) is 1.49. The fraction of sp³-hybridized carbons (Fsp3) is 0.444. The molecule has 1 atom stereocenters. The average molecular weight is 350 g/mol. The standard InChI is InChI=1S/C18H23NO2S2/c1-17(2,3)23(20,21)19-18(14-8-5-4-6-9-14)12-7-10-16-15(18)11-13-22-16/h4-6,8-9,11,13,19H,7,10,12H2,1-3H3. The van der Waals surface area contributed by atoms with Crippen molar-refractivity contribution in [1.82, 2.24) is 4.72 Å². The zero-order valence-corrected chi connectivity index (χ0v) is 15.4. The lowest BCUT2D eigenvalue weighted by Crippen LogP contribution is -2.53. The molecule has 1 N–H and O–H groups in total. The van der Waals surface area contributed by atoms with Gasteiger partial charge in [-0.15, -0.1) is 11.3 Å². The van der Waals surface area contributed by atoms with E-state index in [-0.39, 0.29) is 0 Å². The summed E-state index contributed by atoms with van der Waals surface area (Å²) in [6.07, 6.45) is 2.80. The number of fused-ring (bicyclic) bond motifs is 1. The lowest BCUT2D eigenvalue weighted by atomic mass is 9.76. The maximum Gasteiger partial charge on any atom is 0.217 e. The summed E-state index contributed by atoms with van der Waals surface area (Å²) in [5, 5.41) is 2.07. The first-order valence-electron chi connectivity index (χ1n) is 7.92. The summed E-state index contributed by atoms with van der Waals surface area (Å²) in [7, 11) is -3.47. The van der Waals surface area contributed by atoms with Crippen LogP contribution in [-0.2, 0) is 22.0 Å². The summed E-state index contributed by atoms with van der Waals surface area (Å²) in [5.74, 6) is 0. The van der Waals surface area contributed by atoms with Crippen molar-refractivity contribution in [2.75, 3.05) is 0 Å². The number of aryl methyl sites for hydroxylation is 1. The van der Waals surface area contributed by atoms with E-state index in [4.69, 9.17) is 0 Å². The van der Waals surface area contributed by atoms with Crippen molar-refractivity contribution >= 4 is 21.4 Å². The van der Waals surface area contributed by atoms with Crippen LogP contribution in [-0.4, -0.2) is 13.2 Å². The largest absolute Gasteiger partial charge is 0.217 e. The van der Waals surface area contributed by atoms with Crippen LogP contribution in [0.1, 0.15) is 49.6 Å². The maximum atomic E-state index is 12.9. The van der Waals surface area contributed by atoms with Crippen molar-refractivity contribution in [3.63, 3.8) is 0 Å². The Morgan fingerprint density at radius 3 is 2.48 bits per heavy atom. The van der Waals surface area contributed by atoms with Crippen LogP contribution >= 0.6 is 11.3 Å². The number of hydrogen-bond acceptors (Lipinski definition) is 3. The maximum absolute atomic E-state index is 12.9. The molecule has 1 aliphatic rings. The monoisotopic (exact) mass is 349 g/mol. The minimum absolute atomic E-state index is 0.652. The van der Waals surface area contributed by atoms with Crippen molar-refractivity contribution in [3.8, 4) is 0 Å². The highest BCUT2D eigenvalue weighted by Crippen LogP contribution is 2.43. The zero-order valence-electron chi connectivity index (χ0n) is 13.8.